The molecule has 1 heterocycles. The van der Waals surface area contributed by atoms with Gasteiger partial charge in [-0.05, 0) is 34.9 Å². The van der Waals surface area contributed by atoms with Gasteiger partial charge in [0.05, 0.1) is 0 Å². The van der Waals surface area contributed by atoms with Crippen molar-refractivity contribution in [3.05, 3.63) is 95.6 Å². The number of carboxylic acid groups (broad SMARTS) is 1. The molecule has 1 atom stereocenters. The minimum Gasteiger partial charge on any atom is -0.480 e. The minimum atomic E-state index is -1.45. The summed E-state index contributed by atoms with van der Waals surface area (Å²) in [6.45, 7) is 1.24. The number of carbonyl (C=O) groups excluding carboxylic acids is 2. The van der Waals surface area contributed by atoms with E-state index in [1.807, 2.05) is 78.7 Å². The summed E-state index contributed by atoms with van der Waals surface area (Å²) in [6.07, 6.45) is -0.451. The summed E-state index contributed by atoms with van der Waals surface area (Å²) in [5, 5.41) is 15.4. The number of rotatable bonds is 10. The first-order chi connectivity index (χ1) is 19.9. The van der Waals surface area contributed by atoms with Crippen LogP contribution in [0, 0.1) is 0 Å². The number of aliphatic carboxylic acids is 1. The number of amides is 2. The Kier molecular flexibility index (Phi) is 8.66. The Morgan fingerprint density at radius 3 is 2.15 bits per heavy atom. The van der Waals surface area contributed by atoms with Crippen LogP contribution in [-0.2, 0) is 25.6 Å². The van der Waals surface area contributed by atoms with Crippen LogP contribution >= 0.6 is 0 Å². The molecule has 3 aromatic rings. The normalized spacial score (nSPS) is 16.3. The molecule has 1 aliphatic heterocycles. The lowest BCUT2D eigenvalue weighted by Crippen LogP contribution is -2.62. The van der Waals surface area contributed by atoms with E-state index in [0.717, 1.165) is 27.8 Å². The number of carbonyl (C=O) groups is 3. The van der Waals surface area contributed by atoms with Gasteiger partial charge in [0.2, 0.25) is 5.91 Å². The molecular weight excluding hydrogens is 522 g/mol. The van der Waals surface area contributed by atoms with E-state index >= 15 is 0 Å². The molecule has 9 heteroatoms. The molecule has 9 nitrogen and oxygen atoms in total. The van der Waals surface area contributed by atoms with Gasteiger partial charge in [-0.2, -0.15) is 0 Å². The molecule has 2 aliphatic rings. The molecule has 1 saturated heterocycles. The van der Waals surface area contributed by atoms with E-state index in [9.17, 15) is 19.5 Å². The number of carboxylic acids is 1. The predicted molar refractivity (Wildman–Crippen MR) is 153 cm³/mol. The second-order valence-corrected chi connectivity index (χ2v) is 10.7. The van der Waals surface area contributed by atoms with Crippen molar-refractivity contribution in [2.24, 2.45) is 0 Å². The number of alkyl carbamates (subject to hydrolysis) is 1. The predicted octanol–water partition coefficient (Wildman–Crippen LogP) is 3.78. The zero-order valence-corrected chi connectivity index (χ0v) is 23.0. The molecule has 2 amide bonds. The van der Waals surface area contributed by atoms with Crippen LogP contribution in [0.2, 0.25) is 0 Å². The Hall–Kier alpha value is -4.21. The van der Waals surface area contributed by atoms with Crippen molar-refractivity contribution in [1.29, 1.82) is 0 Å². The highest BCUT2D eigenvalue weighted by Gasteiger charge is 2.43. The average Bonchev–Trinajstić information content (AvgIpc) is 3.30. The molecular formula is C32H35N3O6. The molecule has 0 radical (unpaired) electrons. The molecule has 1 unspecified atom stereocenters. The second-order valence-electron chi connectivity index (χ2n) is 10.7. The highest BCUT2D eigenvalue weighted by molar-refractivity contribution is 5.91. The summed E-state index contributed by atoms with van der Waals surface area (Å²) in [4.78, 5) is 40.7. The standard InChI is InChI=1S/C32H35N3O6/c1-35(19-22-9-3-2-4-10-22)20-28(29(36)34-32(30(37)38)15-17-40-18-16-32)33-31(39)41-21-27-25-13-7-5-11-23(25)24-12-6-8-14-26(24)27/h2-14,27-28H,15-21H2,1H3,(H,33,39)(H,34,36)(H,37,38). The smallest absolute Gasteiger partial charge is 0.407 e. The van der Waals surface area contributed by atoms with Crippen molar-refractivity contribution in [2.75, 3.05) is 33.4 Å². The lowest BCUT2D eigenvalue weighted by atomic mass is 9.89. The molecule has 3 N–H and O–H groups in total. The lowest BCUT2D eigenvalue weighted by molar-refractivity contribution is -0.152. The fourth-order valence-electron chi connectivity index (χ4n) is 5.68. The van der Waals surface area contributed by atoms with Crippen LogP contribution in [0.1, 0.15) is 35.4 Å². The number of likely N-dealkylation sites (N-methyl/N-ethyl adjacent to an activating group) is 1. The van der Waals surface area contributed by atoms with Crippen LogP contribution in [0.4, 0.5) is 4.79 Å². The number of nitrogens with zero attached hydrogens (tertiary/aromatic N) is 1. The Labute approximate surface area is 239 Å². The summed E-state index contributed by atoms with van der Waals surface area (Å²) in [5.74, 6) is -1.83. The molecule has 0 spiro atoms. The molecule has 1 aliphatic carbocycles. The minimum absolute atomic E-state index is 0.102. The van der Waals surface area contributed by atoms with E-state index in [2.05, 4.69) is 22.8 Å². The van der Waals surface area contributed by atoms with Gasteiger partial charge < -0.3 is 25.2 Å². The van der Waals surface area contributed by atoms with Gasteiger partial charge in [-0.15, -0.1) is 0 Å². The molecule has 0 aromatic heterocycles. The maximum absolute atomic E-state index is 13.5. The number of benzene rings is 3. The Balaban J connectivity index is 1.29. The monoisotopic (exact) mass is 557 g/mol. The first-order valence-electron chi connectivity index (χ1n) is 13.8. The van der Waals surface area contributed by atoms with Gasteiger partial charge in [0, 0.05) is 45.1 Å². The summed E-state index contributed by atoms with van der Waals surface area (Å²) >= 11 is 0. The lowest BCUT2D eigenvalue weighted by Gasteiger charge is -2.35. The summed E-state index contributed by atoms with van der Waals surface area (Å²) < 4.78 is 11.0. The maximum Gasteiger partial charge on any atom is 0.407 e. The quantitative estimate of drug-likeness (QED) is 0.347. The third-order valence-electron chi connectivity index (χ3n) is 7.86. The summed E-state index contributed by atoms with van der Waals surface area (Å²) in [6, 6.07) is 24.8. The van der Waals surface area contributed by atoms with Gasteiger partial charge >= 0.3 is 12.1 Å². The first kappa shape index (κ1) is 28.3. The van der Waals surface area contributed by atoms with E-state index < -0.39 is 29.6 Å². The number of hydrogen-bond donors (Lipinski definition) is 3. The van der Waals surface area contributed by atoms with Crippen molar-refractivity contribution < 1.29 is 29.0 Å². The molecule has 0 saturated carbocycles. The molecule has 214 valence electrons. The molecule has 41 heavy (non-hydrogen) atoms. The zero-order valence-electron chi connectivity index (χ0n) is 23.0. The van der Waals surface area contributed by atoms with Gasteiger partial charge in [-0.1, -0.05) is 78.9 Å². The van der Waals surface area contributed by atoms with E-state index in [4.69, 9.17) is 9.47 Å². The van der Waals surface area contributed by atoms with Gasteiger partial charge in [-0.25, -0.2) is 9.59 Å². The van der Waals surface area contributed by atoms with Crippen LogP contribution in [0.5, 0.6) is 0 Å². The van der Waals surface area contributed by atoms with Crippen molar-refractivity contribution in [1.82, 2.24) is 15.5 Å². The number of hydrogen-bond acceptors (Lipinski definition) is 6. The Morgan fingerprint density at radius 1 is 0.951 bits per heavy atom. The highest BCUT2D eigenvalue weighted by Crippen LogP contribution is 2.44. The molecule has 1 fully saturated rings. The molecule has 3 aromatic carbocycles. The van der Waals surface area contributed by atoms with E-state index in [1.165, 1.54) is 0 Å². The van der Waals surface area contributed by atoms with Gasteiger partial charge in [0.25, 0.3) is 0 Å². The zero-order chi connectivity index (χ0) is 28.8. The van der Waals surface area contributed by atoms with Crippen molar-refractivity contribution in [3.8, 4) is 11.1 Å². The third-order valence-corrected chi connectivity index (χ3v) is 7.86. The molecule has 0 bridgehead atoms. The SMILES string of the molecule is CN(Cc1ccccc1)CC(NC(=O)OCC1c2ccccc2-c2ccccc21)C(=O)NC1(C(=O)O)CCOCC1. The van der Waals surface area contributed by atoms with Crippen molar-refractivity contribution in [2.45, 2.75) is 36.9 Å². The van der Waals surface area contributed by atoms with Gasteiger partial charge in [0.1, 0.15) is 18.2 Å². The second kappa shape index (κ2) is 12.5. The fourth-order valence-corrected chi connectivity index (χ4v) is 5.68. The third kappa shape index (κ3) is 6.42. The topological polar surface area (TPSA) is 117 Å². The highest BCUT2D eigenvalue weighted by atomic mass is 16.5. The van der Waals surface area contributed by atoms with E-state index in [1.54, 1.807) is 0 Å². The fraction of sp³-hybridized carbons (Fsp3) is 0.344. The number of fused-ring (bicyclic) bond motifs is 3. The van der Waals surface area contributed by atoms with Gasteiger partial charge in [-0.3, -0.25) is 9.69 Å². The Bertz CT molecular complexity index is 1340. The van der Waals surface area contributed by atoms with E-state index in [0.29, 0.717) is 6.54 Å². The number of nitrogens with one attached hydrogen (secondary N) is 2. The van der Waals surface area contributed by atoms with Crippen LogP contribution in [0.25, 0.3) is 11.1 Å². The van der Waals surface area contributed by atoms with Crippen LogP contribution < -0.4 is 10.6 Å². The Morgan fingerprint density at radius 2 is 1.54 bits per heavy atom. The van der Waals surface area contributed by atoms with Gasteiger partial charge in [0.15, 0.2) is 0 Å². The maximum atomic E-state index is 13.5. The van der Waals surface area contributed by atoms with Crippen LogP contribution in [-0.4, -0.2) is 73.0 Å². The average molecular weight is 558 g/mol. The van der Waals surface area contributed by atoms with Crippen molar-refractivity contribution >= 4 is 18.0 Å². The largest absolute Gasteiger partial charge is 0.480 e. The first-order valence-corrected chi connectivity index (χ1v) is 13.8. The van der Waals surface area contributed by atoms with Crippen LogP contribution in [0.3, 0.4) is 0 Å². The van der Waals surface area contributed by atoms with Crippen LogP contribution in [0.15, 0.2) is 78.9 Å². The van der Waals surface area contributed by atoms with Crippen molar-refractivity contribution in [3.63, 3.8) is 0 Å². The van der Waals surface area contributed by atoms with E-state index in [-0.39, 0.29) is 45.1 Å². The number of ether oxygens (including phenoxy) is 2. The molecule has 5 rings (SSSR count). The summed E-state index contributed by atoms with van der Waals surface area (Å²) in [7, 11) is 1.84. The summed E-state index contributed by atoms with van der Waals surface area (Å²) in [5.41, 5.74) is 4.00.